The number of halogens is 2. The third-order valence-electron chi connectivity index (χ3n) is 5.81. The Morgan fingerprint density at radius 3 is 2.00 bits per heavy atom. The Kier molecular flexibility index (Phi) is 5.26. The van der Waals surface area contributed by atoms with Crippen molar-refractivity contribution in [3.63, 3.8) is 0 Å². The molecule has 0 aliphatic heterocycles. The molecule has 0 aliphatic carbocycles. The van der Waals surface area contributed by atoms with E-state index in [2.05, 4.69) is 20.8 Å². The maximum absolute atomic E-state index is 13.2. The number of anilines is 1. The van der Waals surface area contributed by atoms with Crippen LogP contribution < -0.4 is 17.0 Å². The molecule has 0 unspecified atom stereocenters. The van der Waals surface area contributed by atoms with E-state index in [0.29, 0.717) is 32.3 Å². The molecular formula is C24H24Cl2N4O2. The van der Waals surface area contributed by atoms with Crippen molar-refractivity contribution in [3.8, 4) is 16.9 Å². The number of aromatic nitrogens is 3. The first kappa shape index (κ1) is 22.2. The molecule has 2 heterocycles. The highest BCUT2D eigenvalue weighted by Crippen LogP contribution is 2.36. The van der Waals surface area contributed by atoms with Gasteiger partial charge in [0.25, 0.3) is 5.56 Å². The van der Waals surface area contributed by atoms with Gasteiger partial charge in [-0.25, -0.2) is 4.79 Å². The lowest BCUT2D eigenvalue weighted by molar-refractivity contribution is 0.590. The zero-order valence-corrected chi connectivity index (χ0v) is 20.0. The highest BCUT2D eigenvalue weighted by atomic mass is 35.5. The van der Waals surface area contributed by atoms with Gasteiger partial charge >= 0.3 is 5.69 Å². The van der Waals surface area contributed by atoms with Crippen molar-refractivity contribution in [1.82, 2.24) is 13.7 Å². The average Bonchev–Trinajstić information content (AvgIpc) is 3.14. The second-order valence-electron chi connectivity index (χ2n) is 8.96. The Bertz CT molecular complexity index is 1460. The standard InChI is InChI=1S/C24H24Cl2N4O2/c1-24(2,3)14-8-6-13(7-9-14)21-19-18(28(4)23(32)29(5)22(19)31)12-30(21)15-10-16(25)20(27)17(26)11-15/h6-12H,27H2,1-5H3. The van der Waals surface area contributed by atoms with Crippen LogP contribution in [0.25, 0.3) is 27.8 Å². The zero-order valence-electron chi connectivity index (χ0n) is 18.5. The third kappa shape index (κ3) is 3.44. The monoisotopic (exact) mass is 470 g/mol. The van der Waals surface area contributed by atoms with Crippen molar-refractivity contribution in [3.05, 3.63) is 79.0 Å². The first-order valence-electron chi connectivity index (χ1n) is 10.1. The molecule has 8 heteroatoms. The minimum absolute atomic E-state index is 0.0133. The second kappa shape index (κ2) is 7.57. The predicted octanol–water partition coefficient (Wildman–Crippen LogP) is 4.88. The van der Waals surface area contributed by atoms with Crippen molar-refractivity contribution in [2.24, 2.45) is 14.1 Å². The fourth-order valence-electron chi connectivity index (χ4n) is 3.87. The Balaban J connectivity index is 2.14. The molecule has 4 rings (SSSR count). The molecule has 6 nitrogen and oxygen atoms in total. The quantitative estimate of drug-likeness (QED) is 0.424. The molecule has 0 spiro atoms. The fraction of sp³-hybridized carbons (Fsp3) is 0.250. The molecule has 0 atom stereocenters. The number of rotatable bonds is 2. The predicted molar refractivity (Wildman–Crippen MR) is 132 cm³/mol. The molecular weight excluding hydrogens is 447 g/mol. The van der Waals surface area contributed by atoms with Crippen LogP contribution in [-0.2, 0) is 19.5 Å². The summed E-state index contributed by atoms with van der Waals surface area (Å²) in [5.41, 5.74) is 9.22. The van der Waals surface area contributed by atoms with E-state index in [0.717, 1.165) is 10.1 Å². The van der Waals surface area contributed by atoms with E-state index in [1.54, 1.807) is 25.4 Å². The molecule has 32 heavy (non-hydrogen) atoms. The molecule has 2 aromatic heterocycles. The van der Waals surface area contributed by atoms with E-state index in [9.17, 15) is 9.59 Å². The number of nitrogens with two attached hydrogens (primary N) is 1. The smallest absolute Gasteiger partial charge is 0.330 e. The summed E-state index contributed by atoms with van der Waals surface area (Å²) in [5, 5.41) is 1.05. The first-order valence-corrected chi connectivity index (χ1v) is 10.8. The van der Waals surface area contributed by atoms with Gasteiger partial charge in [0.05, 0.1) is 32.3 Å². The summed E-state index contributed by atoms with van der Waals surface area (Å²) in [6, 6.07) is 11.4. The summed E-state index contributed by atoms with van der Waals surface area (Å²) < 4.78 is 4.40. The number of hydrogen-bond acceptors (Lipinski definition) is 3. The maximum atomic E-state index is 13.2. The van der Waals surface area contributed by atoms with Crippen LogP contribution in [-0.4, -0.2) is 13.7 Å². The highest BCUT2D eigenvalue weighted by molar-refractivity contribution is 6.39. The van der Waals surface area contributed by atoms with Crippen LogP contribution in [0.15, 0.2) is 52.2 Å². The van der Waals surface area contributed by atoms with Crippen molar-refractivity contribution in [1.29, 1.82) is 0 Å². The molecule has 0 saturated heterocycles. The highest BCUT2D eigenvalue weighted by Gasteiger charge is 2.22. The Hall–Kier alpha value is -2.96. The minimum atomic E-state index is -0.400. The topological polar surface area (TPSA) is 75.0 Å². The van der Waals surface area contributed by atoms with E-state index in [1.807, 2.05) is 28.8 Å². The zero-order chi connectivity index (χ0) is 23.5. The molecule has 2 N–H and O–H groups in total. The molecule has 2 aromatic carbocycles. The largest absolute Gasteiger partial charge is 0.396 e. The molecule has 0 radical (unpaired) electrons. The third-order valence-corrected chi connectivity index (χ3v) is 6.43. The fourth-order valence-corrected chi connectivity index (χ4v) is 4.34. The maximum Gasteiger partial charge on any atom is 0.330 e. The van der Waals surface area contributed by atoms with Gasteiger partial charge in [-0.2, -0.15) is 0 Å². The number of hydrogen-bond donors (Lipinski definition) is 1. The number of aryl methyl sites for hydroxylation is 1. The Labute approximate surface area is 195 Å². The van der Waals surface area contributed by atoms with Crippen LogP contribution in [0, 0.1) is 0 Å². The molecule has 0 bridgehead atoms. The van der Waals surface area contributed by atoms with Gasteiger partial charge in [-0.1, -0.05) is 68.2 Å². The lowest BCUT2D eigenvalue weighted by Crippen LogP contribution is -2.36. The molecule has 4 aromatic rings. The van der Waals surface area contributed by atoms with Crippen molar-refractivity contribution < 1.29 is 0 Å². The molecule has 0 amide bonds. The summed E-state index contributed by atoms with van der Waals surface area (Å²) >= 11 is 12.6. The van der Waals surface area contributed by atoms with Crippen LogP contribution in [0.2, 0.25) is 10.0 Å². The lowest BCUT2D eigenvalue weighted by atomic mass is 9.86. The van der Waals surface area contributed by atoms with E-state index in [1.165, 1.54) is 17.2 Å². The summed E-state index contributed by atoms with van der Waals surface area (Å²) in [6.07, 6.45) is 1.75. The van der Waals surface area contributed by atoms with E-state index in [4.69, 9.17) is 28.9 Å². The van der Waals surface area contributed by atoms with Crippen LogP contribution in [0.3, 0.4) is 0 Å². The van der Waals surface area contributed by atoms with Gasteiger partial charge in [0.1, 0.15) is 0 Å². The number of nitrogen functional groups attached to an aromatic ring is 1. The van der Waals surface area contributed by atoms with Crippen LogP contribution >= 0.6 is 23.2 Å². The lowest BCUT2D eigenvalue weighted by Gasteiger charge is -2.19. The summed E-state index contributed by atoms with van der Waals surface area (Å²) in [4.78, 5) is 25.8. The van der Waals surface area contributed by atoms with Crippen LogP contribution in [0.1, 0.15) is 26.3 Å². The van der Waals surface area contributed by atoms with Crippen LogP contribution in [0.5, 0.6) is 0 Å². The van der Waals surface area contributed by atoms with Gasteiger partial charge < -0.3 is 10.3 Å². The van der Waals surface area contributed by atoms with Crippen molar-refractivity contribution in [2.75, 3.05) is 5.73 Å². The Morgan fingerprint density at radius 2 is 1.47 bits per heavy atom. The van der Waals surface area contributed by atoms with Gasteiger partial charge in [-0.15, -0.1) is 0 Å². The molecule has 166 valence electrons. The molecule has 0 aliphatic rings. The summed E-state index contributed by atoms with van der Waals surface area (Å²) in [5.74, 6) is 0. The van der Waals surface area contributed by atoms with Gasteiger partial charge in [0.2, 0.25) is 0 Å². The van der Waals surface area contributed by atoms with E-state index in [-0.39, 0.29) is 16.7 Å². The van der Waals surface area contributed by atoms with E-state index >= 15 is 0 Å². The van der Waals surface area contributed by atoms with E-state index < -0.39 is 5.69 Å². The van der Waals surface area contributed by atoms with Crippen molar-refractivity contribution >= 4 is 39.8 Å². The normalized spacial score (nSPS) is 12.0. The Morgan fingerprint density at radius 1 is 0.906 bits per heavy atom. The number of fused-ring (bicyclic) bond motifs is 1. The molecule has 0 fully saturated rings. The SMILES string of the molecule is Cn1c(=O)c2c(-c3ccc(C(C)(C)C)cc3)n(-c3cc(Cl)c(N)c(Cl)c3)cc2n(C)c1=O. The number of benzene rings is 2. The van der Waals surface area contributed by atoms with Gasteiger partial charge in [-0.3, -0.25) is 13.9 Å². The summed E-state index contributed by atoms with van der Waals surface area (Å²) in [6.45, 7) is 6.43. The summed E-state index contributed by atoms with van der Waals surface area (Å²) in [7, 11) is 3.12. The average molecular weight is 471 g/mol. The van der Waals surface area contributed by atoms with Gasteiger partial charge in [0, 0.05) is 26.0 Å². The second-order valence-corrected chi connectivity index (χ2v) is 9.78. The van der Waals surface area contributed by atoms with Gasteiger partial charge in [-0.05, 0) is 28.7 Å². The minimum Gasteiger partial charge on any atom is -0.396 e. The van der Waals surface area contributed by atoms with Gasteiger partial charge in [0.15, 0.2) is 0 Å². The number of nitrogens with zero attached hydrogens (tertiary/aromatic N) is 3. The molecule has 0 saturated carbocycles. The first-order chi connectivity index (χ1) is 14.9. The van der Waals surface area contributed by atoms with Crippen molar-refractivity contribution in [2.45, 2.75) is 26.2 Å². The van der Waals surface area contributed by atoms with Crippen LogP contribution in [0.4, 0.5) is 5.69 Å².